The summed E-state index contributed by atoms with van der Waals surface area (Å²) in [5.41, 5.74) is 2.11. The standard InChI is InChI=1S/C12H21N3S/c1-5-15(6-2)7-8-16-12-13-10(3)9-11(4)14-12/h9H,5-8H2,1-4H3. The first-order valence-electron chi connectivity index (χ1n) is 5.83. The molecular formula is C12H21N3S. The fourth-order valence-corrected chi connectivity index (χ4v) is 2.51. The van der Waals surface area contributed by atoms with Gasteiger partial charge in [0.1, 0.15) is 0 Å². The van der Waals surface area contributed by atoms with Gasteiger partial charge in [-0.15, -0.1) is 0 Å². The highest BCUT2D eigenvalue weighted by Crippen LogP contribution is 2.13. The Bertz CT molecular complexity index is 304. The Morgan fingerprint density at radius 1 is 1.12 bits per heavy atom. The van der Waals surface area contributed by atoms with Gasteiger partial charge in [-0.2, -0.15) is 0 Å². The van der Waals surface area contributed by atoms with Crippen molar-refractivity contribution in [1.82, 2.24) is 14.9 Å². The van der Waals surface area contributed by atoms with Crippen molar-refractivity contribution < 1.29 is 0 Å². The number of hydrogen-bond donors (Lipinski definition) is 0. The third-order valence-corrected chi connectivity index (χ3v) is 3.32. The highest BCUT2D eigenvalue weighted by molar-refractivity contribution is 7.99. The molecule has 16 heavy (non-hydrogen) atoms. The van der Waals surface area contributed by atoms with Crippen molar-refractivity contribution in [2.45, 2.75) is 32.9 Å². The van der Waals surface area contributed by atoms with Crippen LogP contribution in [-0.2, 0) is 0 Å². The van der Waals surface area contributed by atoms with Gasteiger partial charge < -0.3 is 4.90 Å². The van der Waals surface area contributed by atoms with E-state index in [1.807, 2.05) is 19.9 Å². The number of aromatic nitrogens is 2. The molecule has 0 aliphatic carbocycles. The van der Waals surface area contributed by atoms with E-state index in [9.17, 15) is 0 Å². The average molecular weight is 239 g/mol. The average Bonchev–Trinajstić information content (AvgIpc) is 2.23. The molecule has 1 heterocycles. The Labute approximate surface area is 103 Å². The van der Waals surface area contributed by atoms with Gasteiger partial charge in [0.2, 0.25) is 0 Å². The first-order chi connectivity index (χ1) is 7.65. The van der Waals surface area contributed by atoms with E-state index in [1.165, 1.54) is 0 Å². The summed E-state index contributed by atoms with van der Waals surface area (Å²) in [5.74, 6) is 1.06. The summed E-state index contributed by atoms with van der Waals surface area (Å²) in [6.07, 6.45) is 0. The molecule has 0 N–H and O–H groups in total. The van der Waals surface area contributed by atoms with Crippen LogP contribution in [0.15, 0.2) is 11.2 Å². The summed E-state index contributed by atoms with van der Waals surface area (Å²) < 4.78 is 0. The molecule has 0 amide bonds. The molecule has 1 aromatic heterocycles. The van der Waals surface area contributed by atoms with E-state index >= 15 is 0 Å². The van der Waals surface area contributed by atoms with Gasteiger partial charge in [-0.3, -0.25) is 0 Å². The number of hydrogen-bond acceptors (Lipinski definition) is 4. The largest absolute Gasteiger partial charge is 0.303 e. The first-order valence-corrected chi connectivity index (χ1v) is 6.81. The van der Waals surface area contributed by atoms with Crippen LogP contribution in [0.1, 0.15) is 25.2 Å². The molecule has 0 saturated carbocycles. The van der Waals surface area contributed by atoms with Crippen LogP contribution in [0.25, 0.3) is 0 Å². The van der Waals surface area contributed by atoms with E-state index in [4.69, 9.17) is 0 Å². The zero-order chi connectivity index (χ0) is 12.0. The van der Waals surface area contributed by atoms with Crippen LogP contribution in [0.5, 0.6) is 0 Å². The molecule has 0 aliphatic rings. The maximum atomic E-state index is 4.42. The maximum absolute atomic E-state index is 4.42. The van der Waals surface area contributed by atoms with Gasteiger partial charge in [-0.25, -0.2) is 9.97 Å². The van der Waals surface area contributed by atoms with Crippen LogP contribution in [0, 0.1) is 13.8 Å². The minimum Gasteiger partial charge on any atom is -0.303 e. The molecule has 0 aromatic carbocycles. The van der Waals surface area contributed by atoms with Crippen LogP contribution in [0.4, 0.5) is 0 Å². The normalized spacial score (nSPS) is 11.1. The van der Waals surface area contributed by atoms with Crippen molar-refractivity contribution >= 4 is 11.8 Å². The van der Waals surface area contributed by atoms with Crippen molar-refractivity contribution in [2.75, 3.05) is 25.4 Å². The Balaban J connectivity index is 2.42. The molecule has 3 nitrogen and oxygen atoms in total. The third-order valence-electron chi connectivity index (χ3n) is 2.49. The van der Waals surface area contributed by atoms with Crippen molar-refractivity contribution in [1.29, 1.82) is 0 Å². The fraction of sp³-hybridized carbons (Fsp3) is 0.667. The quantitative estimate of drug-likeness (QED) is 0.563. The van der Waals surface area contributed by atoms with Crippen LogP contribution in [0.3, 0.4) is 0 Å². The summed E-state index contributed by atoms with van der Waals surface area (Å²) in [5, 5.41) is 0.907. The minimum absolute atomic E-state index is 0.907. The van der Waals surface area contributed by atoms with E-state index in [-0.39, 0.29) is 0 Å². The van der Waals surface area contributed by atoms with E-state index in [2.05, 4.69) is 28.7 Å². The molecule has 0 radical (unpaired) electrons. The highest BCUT2D eigenvalue weighted by Gasteiger charge is 2.02. The second-order valence-electron chi connectivity index (χ2n) is 3.81. The van der Waals surface area contributed by atoms with Crippen LogP contribution in [-0.4, -0.2) is 40.3 Å². The lowest BCUT2D eigenvalue weighted by atomic mass is 10.4. The van der Waals surface area contributed by atoms with Crippen molar-refractivity contribution in [3.63, 3.8) is 0 Å². The first kappa shape index (κ1) is 13.5. The maximum Gasteiger partial charge on any atom is 0.188 e. The smallest absolute Gasteiger partial charge is 0.188 e. The lowest BCUT2D eigenvalue weighted by Gasteiger charge is -2.16. The van der Waals surface area contributed by atoms with Gasteiger partial charge in [-0.1, -0.05) is 25.6 Å². The van der Waals surface area contributed by atoms with Crippen molar-refractivity contribution in [2.24, 2.45) is 0 Å². The second-order valence-corrected chi connectivity index (χ2v) is 4.87. The molecule has 0 aliphatic heterocycles. The monoisotopic (exact) mass is 239 g/mol. The number of nitrogens with zero attached hydrogens (tertiary/aromatic N) is 3. The zero-order valence-corrected chi connectivity index (χ0v) is 11.5. The SMILES string of the molecule is CCN(CC)CCSc1nc(C)cc(C)n1. The lowest BCUT2D eigenvalue weighted by molar-refractivity contribution is 0.324. The topological polar surface area (TPSA) is 29.0 Å². The second kappa shape index (κ2) is 6.86. The van der Waals surface area contributed by atoms with Crippen LogP contribution in [0.2, 0.25) is 0 Å². The van der Waals surface area contributed by atoms with Gasteiger partial charge in [0, 0.05) is 23.7 Å². The molecule has 1 aromatic rings. The summed E-state index contributed by atoms with van der Waals surface area (Å²) in [7, 11) is 0. The van der Waals surface area contributed by atoms with E-state index < -0.39 is 0 Å². The Morgan fingerprint density at radius 2 is 1.69 bits per heavy atom. The molecule has 0 saturated heterocycles. The lowest BCUT2D eigenvalue weighted by Crippen LogP contribution is -2.25. The van der Waals surface area contributed by atoms with E-state index in [0.29, 0.717) is 0 Å². The Hall–Kier alpha value is -0.610. The predicted molar refractivity (Wildman–Crippen MR) is 70.0 cm³/mol. The number of aryl methyl sites for hydroxylation is 2. The van der Waals surface area contributed by atoms with Crippen molar-refractivity contribution in [3.8, 4) is 0 Å². The molecule has 0 spiro atoms. The summed E-state index contributed by atoms with van der Waals surface area (Å²) in [6.45, 7) is 11.8. The molecule has 0 unspecified atom stereocenters. The van der Waals surface area contributed by atoms with Crippen LogP contribution < -0.4 is 0 Å². The number of rotatable bonds is 6. The summed E-state index contributed by atoms with van der Waals surface area (Å²) in [6, 6.07) is 2.01. The van der Waals surface area contributed by atoms with Gasteiger partial charge in [0.15, 0.2) is 5.16 Å². The van der Waals surface area contributed by atoms with Crippen LogP contribution >= 0.6 is 11.8 Å². The van der Waals surface area contributed by atoms with Gasteiger partial charge in [0.25, 0.3) is 0 Å². The Morgan fingerprint density at radius 3 is 2.19 bits per heavy atom. The summed E-state index contributed by atoms with van der Waals surface area (Å²) >= 11 is 1.74. The molecule has 0 atom stereocenters. The van der Waals surface area contributed by atoms with E-state index in [1.54, 1.807) is 11.8 Å². The molecule has 90 valence electrons. The minimum atomic E-state index is 0.907. The van der Waals surface area contributed by atoms with Gasteiger partial charge in [-0.05, 0) is 33.0 Å². The molecule has 4 heteroatoms. The number of thioether (sulfide) groups is 1. The third kappa shape index (κ3) is 4.49. The predicted octanol–water partition coefficient (Wildman–Crippen LogP) is 2.53. The van der Waals surface area contributed by atoms with Crippen molar-refractivity contribution in [3.05, 3.63) is 17.5 Å². The molecule has 0 bridgehead atoms. The van der Waals surface area contributed by atoms with Gasteiger partial charge >= 0.3 is 0 Å². The van der Waals surface area contributed by atoms with Gasteiger partial charge in [0.05, 0.1) is 0 Å². The van der Waals surface area contributed by atoms with E-state index in [0.717, 1.165) is 41.9 Å². The fourth-order valence-electron chi connectivity index (χ4n) is 1.56. The Kier molecular flexibility index (Phi) is 5.77. The molecular weight excluding hydrogens is 218 g/mol. The molecule has 1 rings (SSSR count). The zero-order valence-electron chi connectivity index (χ0n) is 10.7. The summed E-state index contributed by atoms with van der Waals surface area (Å²) in [4.78, 5) is 11.2. The highest BCUT2D eigenvalue weighted by atomic mass is 32.2. The molecule has 0 fully saturated rings.